The molecule has 0 saturated carbocycles. The smallest absolute Gasteiger partial charge is 0.230 e. The van der Waals surface area contributed by atoms with Crippen LogP contribution in [-0.2, 0) is 0 Å². The highest BCUT2D eigenvalue weighted by Crippen LogP contribution is 2.18. The lowest BCUT2D eigenvalue weighted by atomic mass is 10.3. The molecule has 0 radical (unpaired) electrons. The fourth-order valence-electron chi connectivity index (χ4n) is 2.25. The van der Waals surface area contributed by atoms with Crippen molar-refractivity contribution in [2.45, 2.75) is 33.9 Å². The van der Waals surface area contributed by atoms with Gasteiger partial charge in [0.2, 0.25) is 6.23 Å². The van der Waals surface area contributed by atoms with E-state index in [0.29, 0.717) is 0 Å². The lowest BCUT2D eigenvalue weighted by Gasteiger charge is -2.40. The molecule has 0 saturated heterocycles. The zero-order chi connectivity index (χ0) is 12.0. The zero-order valence-corrected chi connectivity index (χ0v) is 10.9. The molecule has 90 valence electrons. The number of benzene rings is 1. The van der Waals surface area contributed by atoms with Gasteiger partial charge in [0, 0.05) is 6.92 Å². The number of ether oxygens (including phenoxy) is 1. The van der Waals surface area contributed by atoms with Gasteiger partial charge in [-0.15, -0.1) is 0 Å². The third kappa shape index (κ3) is 2.76. The van der Waals surface area contributed by atoms with E-state index in [-0.39, 0.29) is 6.23 Å². The molecule has 1 unspecified atom stereocenters. The van der Waals surface area contributed by atoms with E-state index in [0.717, 1.165) is 29.9 Å². The minimum absolute atomic E-state index is 0.211. The van der Waals surface area contributed by atoms with Crippen molar-refractivity contribution in [3.63, 3.8) is 0 Å². The molecule has 1 rings (SSSR count). The summed E-state index contributed by atoms with van der Waals surface area (Å²) in [7, 11) is 0. The first-order valence-electron chi connectivity index (χ1n) is 6.26. The van der Waals surface area contributed by atoms with Crippen LogP contribution in [0.3, 0.4) is 0 Å². The second kappa shape index (κ2) is 5.90. The van der Waals surface area contributed by atoms with E-state index < -0.39 is 0 Å². The number of quaternary nitrogens is 1. The van der Waals surface area contributed by atoms with Crippen molar-refractivity contribution < 1.29 is 9.22 Å². The minimum Gasteiger partial charge on any atom is -0.443 e. The average molecular weight is 222 g/mol. The second-order valence-electron chi connectivity index (χ2n) is 4.20. The highest BCUT2D eigenvalue weighted by molar-refractivity contribution is 5.20. The lowest BCUT2D eigenvalue weighted by Crippen LogP contribution is -2.56. The Morgan fingerprint density at radius 2 is 1.50 bits per heavy atom. The molecule has 0 spiro atoms. The molecule has 0 bridgehead atoms. The molecule has 0 N–H and O–H groups in total. The van der Waals surface area contributed by atoms with Crippen LogP contribution in [0.15, 0.2) is 30.3 Å². The summed E-state index contributed by atoms with van der Waals surface area (Å²) >= 11 is 0. The maximum Gasteiger partial charge on any atom is 0.230 e. The van der Waals surface area contributed by atoms with Crippen LogP contribution in [0.1, 0.15) is 27.7 Å². The van der Waals surface area contributed by atoms with E-state index in [1.165, 1.54) is 0 Å². The van der Waals surface area contributed by atoms with Gasteiger partial charge in [0.25, 0.3) is 0 Å². The summed E-state index contributed by atoms with van der Waals surface area (Å²) in [5.74, 6) is 0.966. The quantitative estimate of drug-likeness (QED) is 0.530. The van der Waals surface area contributed by atoms with Gasteiger partial charge in [0.15, 0.2) is 0 Å². The minimum atomic E-state index is 0.211. The van der Waals surface area contributed by atoms with Crippen molar-refractivity contribution in [1.29, 1.82) is 0 Å². The Bertz CT molecular complexity index is 285. The monoisotopic (exact) mass is 222 g/mol. The van der Waals surface area contributed by atoms with E-state index >= 15 is 0 Å². The van der Waals surface area contributed by atoms with Gasteiger partial charge < -0.3 is 4.74 Å². The van der Waals surface area contributed by atoms with Crippen LogP contribution in [0.5, 0.6) is 5.75 Å². The zero-order valence-electron chi connectivity index (χ0n) is 10.9. The second-order valence-corrected chi connectivity index (χ2v) is 4.20. The number of hydrogen-bond acceptors (Lipinski definition) is 1. The van der Waals surface area contributed by atoms with Gasteiger partial charge >= 0.3 is 0 Å². The topological polar surface area (TPSA) is 9.23 Å². The van der Waals surface area contributed by atoms with E-state index in [1.54, 1.807) is 0 Å². The molecule has 16 heavy (non-hydrogen) atoms. The van der Waals surface area contributed by atoms with Crippen molar-refractivity contribution in [3.05, 3.63) is 30.3 Å². The molecule has 2 nitrogen and oxygen atoms in total. The molecular formula is C14H24NO+. The van der Waals surface area contributed by atoms with Gasteiger partial charge in [-0.2, -0.15) is 0 Å². The molecule has 0 aliphatic rings. The van der Waals surface area contributed by atoms with E-state index in [1.807, 2.05) is 30.3 Å². The van der Waals surface area contributed by atoms with Crippen LogP contribution in [0.4, 0.5) is 0 Å². The Balaban J connectivity index is 2.73. The Hall–Kier alpha value is -1.02. The number of rotatable bonds is 6. The van der Waals surface area contributed by atoms with Crippen LogP contribution in [0.2, 0.25) is 0 Å². The molecular weight excluding hydrogens is 198 g/mol. The summed E-state index contributed by atoms with van der Waals surface area (Å²) < 4.78 is 7.03. The van der Waals surface area contributed by atoms with Crippen LogP contribution in [-0.4, -0.2) is 30.3 Å². The van der Waals surface area contributed by atoms with Crippen LogP contribution in [0, 0.1) is 0 Å². The van der Waals surface area contributed by atoms with Crippen molar-refractivity contribution >= 4 is 0 Å². The van der Waals surface area contributed by atoms with Gasteiger partial charge in [0.05, 0.1) is 19.6 Å². The lowest BCUT2D eigenvalue weighted by molar-refractivity contribution is -0.961. The number of hydrogen-bond donors (Lipinski definition) is 0. The van der Waals surface area contributed by atoms with Crippen LogP contribution in [0.25, 0.3) is 0 Å². The fourth-order valence-corrected chi connectivity index (χ4v) is 2.25. The normalized spacial score (nSPS) is 13.5. The molecule has 1 aromatic carbocycles. The molecule has 1 atom stereocenters. The first kappa shape index (κ1) is 13.0. The van der Waals surface area contributed by atoms with Gasteiger partial charge in [0.1, 0.15) is 5.75 Å². The predicted octanol–water partition coefficient (Wildman–Crippen LogP) is 3.29. The van der Waals surface area contributed by atoms with Crippen LogP contribution >= 0.6 is 0 Å². The van der Waals surface area contributed by atoms with Crippen LogP contribution < -0.4 is 4.74 Å². The highest BCUT2D eigenvalue weighted by Gasteiger charge is 2.29. The molecule has 0 heterocycles. The summed E-state index contributed by atoms with van der Waals surface area (Å²) in [5, 5.41) is 0. The summed E-state index contributed by atoms with van der Waals surface area (Å²) in [6.45, 7) is 12.2. The maximum absolute atomic E-state index is 6.02. The molecule has 0 aliphatic heterocycles. The maximum atomic E-state index is 6.02. The summed E-state index contributed by atoms with van der Waals surface area (Å²) in [4.78, 5) is 0. The van der Waals surface area contributed by atoms with Crippen molar-refractivity contribution in [1.82, 2.24) is 0 Å². The Labute approximate surface area is 99.4 Å². The average Bonchev–Trinajstić information content (AvgIpc) is 2.33. The first-order valence-corrected chi connectivity index (χ1v) is 6.26. The molecule has 0 fully saturated rings. The summed E-state index contributed by atoms with van der Waals surface area (Å²) in [6, 6.07) is 10.1. The van der Waals surface area contributed by atoms with E-state index in [4.69, 9.17) is 4.74 Å². The SMILES string of the molecule is CC[N+](CC)(CC)C(C)Oc1ccccc1. The Kier molecular flexibility index (Phi) is 4.81. The van der Waals surface area contributed by atoms with Gasteiger partial charge in [-0.3, -0.25) is 4.48 Å². The first-order chi connectivity index (χ1) is 7.68. The van der Waals surface area contributed by atoms with E-state index in [2.05, 4.69) is 27.7 Å². The third-order valence-corrected chi connectivity index (χ3v) is 3.71. The molecule has 2 heteroatoms. The largest absolute Gasteiger partial charge is 0.443 e. The third-order valence-electron chi connectivity index (χ3n) is 3.71. The predicted molar refractivity (Wildman–Crippen MR) is 68.4 cm³/mol. The Morgan fingerprint density at radius 3 is 1.94 bits per heavy atom. The van der Waals surface area contributed by atoms with Crippen molar-refractivity contribution in [2.75, 3.05) is 19.6 Å². The number of para-hydroxylation sites is 1. The van der Waals surface area contributed by atoms with Crippen molar-refractivity contribution in [2.24, 2.45) is 0 Å². The molecule has 0 amide bonds. The van der Waals surface area contributed by atoms with Gasteiger partial charge in [-0.05, 0) is 32.9 Å². The highest BCUT2D eigenvalue weighted by atomic mass is 16.5. The van der Waals surface area contributed by atoms with E-state index in [9.17, 15) is 0 Å². The molecule has 0 aromatic heterocycles. The van der Waals surface area contributed by atoms with Gasteiger partial charge in [-0.1, -0.05) is 18.2 Å². The standard InChI is InChI=1S/C14H24NO/c1-5-15(6-2,7-3)13(4)16-14-11-9-8-10-12-14/h8-13H,5-7H2,1-4H3/q+1. The summed E-state index contributed by atoms with van der Waals surface area (Å²) in [5.41, 5.74) is 0. The van der Waals surface area contributed by atoms with Crippen molar-refractivity contribution in [3.8, 4) is 5.75 Å². The number of nitrogens with zero attached hydrogens (tertiary/aromatic N) is 1. The summed E-state index contributed by atoms with van der Waals surface area (Å²) in [6.07, 6.45) is 0.211. The van der Waals surface area contributed by atoms with Gasteiger partial charge in [-0.25, -0.2) is 0 Å². The Morgan fingerprint density at radius 1 is 1.00 bits per heavy atom. The molecule has 0 aliphatic carbocycles. The fraction of sp³-hybridized carbons (Fsp3) is 0.571. The molecule has 1 aromatic rings.